The van der Waals surface area contributed by atoms with Crippen molar-refractivity contribution >= 4 is 10.0 Å². The first kappa shape index (κ1) is 17.4. The number of nitrogens with one attached hydrogen (secondary N) is 1. The molecule has 124 valence electrons. The third-order valence-electron chi connectivity index (χ3n) is 4.50. The van der Waals surface area contributed by atoms with Gasteiger partial charge in [0.25, 0.3) is 0 Å². The van der Waals surface area contributed by atoms with Crippen LogP contribution in [-0.4, -0.2) is 45.2 Å². The van der Waals surface area contributed by atoms with Crippen molar-refractivity contribution < 1.29 is 8.42 Å². The van der Waals surface area contributed by atoms with Gasteiger partial charge in [-0.1, -0.05) is 30.3 Å². The van der Waals surface area contributed by atoms with Gasteiger partial charge >= 0.3 is 0 Å². The van der Waals surface area contributed by atoms with E-state index in [1.807, 2.05) is 0 Å². The molecule has 5 heteroatoms. The van der Waals surface area contributed by atoms with Crippen LogP contribution >= 0.6 is 0 Å². The molecule has 0 radical (unpaired) electrons. The number of hydrogen-bond acceptors (Lipinski definition) is 3. The van der Waals surface area contributed by atoms with Crippen molar-refractivity contribution in [2.75, 3.05) is 25.9 Å². The van der Waals surface area contributed by atoms with Crippen molar-refractivity contribution in [3.8, 4) is 0 Å². The molecule has 2 rings (SSSR count). The summed E-state index contributed by atoms with van der Waals surface area (Å²) in [7, 11) is -3.08. The Morgan fingerprint density at radius 3 is 2.73 bits per heavy atom. The molecule has 0 saturated carbocycles. The zero-order chi connectivity index (χ0) is 16.0. The minimum atomic E-state index is -3.08. The topological polar surface area (TPSA) is 49.4 Å². The van der Waals surface area contributed by atoms with Crippen molar-refractivity contribution in [3.05, 3.63) is 35.9 Å². The second kappa shape index (κ2) is 8.09. The molecular formula is C17H28N2O2S. The number of aryl methyl sites for hydroxylation is 1. The zero-order valence-electron chi connectivity index (χ0n) is 13.7. The summed E-state index contributed by atoms with van der Waals surface area (Å²) < 4.78 is 25.1. The lowest BCUT2D eigenvalue weighted by molar-refractivity contribution is 0.127. The normalized spacial score (nSPS) is 21.6. The van der Waals surface area contributed by atoms with E-state index < -0.39 is 10.0 Å². The van der Waals surface area contributed by atoms with Gasteiger partial charge in [0.15, 0.2) is 0 Å². The van der Waals surface area contributed by atoms with Gasteiger partial charge in [0.05, 0.1) is 6.26 Å². The fraction of sp³-hybridized carbons (Fsp3) is 0.647. The molecule has 4 nitrogen and oxygen atoms in total. The van der Waals surface area contributed by atoms with Crippen LogP contribution < -0.4 is 4.72 Å². The Bertz CT molecular complexity index is 545. The Labute approximate surface area is 135 Å². The Morgan fingerprint density at radius 2 is 2.05 bits per heavy atom. The molecule has 2 atom stereocenters. The van der Waals surface area contributed by atoms with Crippen LogP contribution in [0.2, 0.25) is 0 Å². The standard InChI is InChI=1S/C17H28N2O2S/c1-15(10-11-16-7-4-3-5-8-16)19-12-6-9-17(14-19)13-18-22(2,20)21/h3-5,7-8,15,17-18H,6,9-14H2,1-2H3/t15-,17-/m1/s1. The van der Waals surface area contributed by atoms with Crippen LogP contribution in [-0.2, 0) is 16.4 Å². The van der Waals surface area contributed by atoms with E-state index in [0.717, 1.165) is 38.8 Å². The minimum absolute atomic E-state index is 0.433. The van der Waals surface area contributed by atoms with E-state index in [-0.39, 0.29) is 0 Å². The molecule has 1 aliphatic heterocycles. The van der Waals surface area contributed by atoms with E-state index >= 15 is 0 Å². The molecule has 22 heavy (non-hydrogen) atoms. The van der Waals surface area contributed by atoms with Gasteiger partial charge < -0.3 is 4.90 Å². The number of likely N-dealkylation sites (tertiary alicyclic amines) is 1. The Balaban J connectivity index is 1.78. The lowest BCUT2D eigenvalue weighted by Gasteiger charge is -2.37. The van der Waals surface area contributed by atoms with Crippen LogP contribution in [0, 0.1) is 5.92 Å². The van der Waals surface area contributed by atoms with Crippen LogP contribution in [0.15, 0.2) is 30.3 Å². The van der Waals surface area contributed by atoms with Crippen LogP contribution in [0.5, 0.6) is 0 Å². The molecule has 1 aliphatic rings. The highest BCUT2D eigenvalue weighted by molar-refractivity contribution is 7.88. The van der Waals surface area contributed by atoms with E-state index in [2.05, 4.69) is 46.9 Å². The molecule has 1 heterocycles. The Kier molecular flexibility index (Phi) is 6.41. The number of piperidine rings is 1. The van der Waals surface area contributed by atoms with E-state index in [1.54, 1.807) is 0 Å². The second-order valence-electron chi connectivity index (χ2n) is 6.50. The Morgan fingerprint density at radius 1 is 1.32 bits per heavy atom. The van der Waals surface area contributed by atoms with Gasteiger partial charge in [-0.15, -0.1) is 0 Å². The zero-order valence-corrected chi connectivity index (χ0v) is 14.5. The van der Waals surface area contributed by atoms with Crippen LogP contribution in [0.25, 0.3) is 0 Å². The van der Waals surface area contributed by atoms with Gasteiger partial charge in [0.1, 0.15) is 0 Å². The van der Waals surface area contributed by atoms with Gasteiger partial charge in [-0.25, -0.2) is 13.1 Å². The SMILES string of the molecule is C[C@H](CCc1ccccc1)N1CCC[C@H](CNS(C)(=O)=O)C1. The van der Waals surface area contributed by atoms with Crippen molar-refractivity contribution in [1.82, 2.24) is 9.62 Å². The Hall–Kier alpha value is -0.910. The highest BCUT2D eigenvalue weighted by Crippen LogP contribution is 2.20. The summed E-state index contributed by atoms with van der Waals surface area (Å²) in [4.78, 5) is 2.51. The fourth-order valence-corrected chi connectivity index (χ4v) is 3.67. The maximum Gasteiger partial charge on any atom is 0.208 e. The number of benzene rings is 1. The van der Waals surface area contributed by atoms with E-state index in [1.165, 1.54) is 11.8 Å². The predicted molar refractivity (Wildman–Crippen MR) is 91.4 cm³/mol. The molecule has 0 aliphatic carbocycles. The average Bonchev–Trinajstić information content (AvgIpc) is 2.51. The monoisotopic (exact) mass is 324 g/mol. The van der Waals surface area contributed by atoms with Gasteiger partial charge in [-0.2, -0.15) is 0 Å². The van der Waals surface area contributed by atoms with Crippen LogP contribution in [0.4, 0.5) is 0 Å². The molecule has 1 saturated heterocycles. The van der Waals surface area contributed by atoms with Crippen LogP contribution in [0.1, 0.15) is 31.7 Å². The molecular weight excluding hydrogens is 296 g/mol. The van der Waals surface area contributed by atoms with E-state index in [9.17, 15) is 8.42 Å². The summed E-state index contributed by atoms with van der Waals surface area (Å²) in [6.07, 6.45) is 5.76. The maximum atomic E-state index is 11.2. The van der Waals surface area contributed by atoms with E-state index in [0.29, 0.717) is 18.5 Å². The summed E-state index contributed by atoms with van der Waals surface area (Å²) in [5.41, 5.74) is 1.39. The number of rotatable bonds is 7. The smallest absolute Gasteiger partial charge is 0.208 e. The van der Waals surface area contributed by atoms with Gasteiger partial charge in [0, 0.05) is 19.1 Å². The molecule has 0 aromatic heterocycles. The number of sulfonamides is 1. The second-order valence-corrected chi connectivity index (χ2v) is 8.33. The summed E-state index contributed by atoms with van der Waals surface area (Å²) in [6.45, 7) is 4.99. The molecule has 0 amide bonds. The lowest BCUT2D eigenvalue weighted by Crippen LogP contribution is -2.44. The summed E-state index contributed by atoms with van der Waals surface area (Å²) in [5.74, 6) is 0.433. The lowest BCUT2D eigenvalue weighted by atomic mass is 9.95. The molecule has 1 fully saturated rings. The van der Waals surface area contributed by atoms with Crippen molar-refractivity contribution in [2.24, 2.45) is 5.92 Å². The highest BCUT2D eigenvalue weighted by atomic mass is 32.2. The fourth-order valence-electron chi connectivity index (χ4n) is 3.14. The minimum Gasteiger partial charge on any atom is -0.300 e. The van der Waals surface area contributed by atoms with Crippen molar-refractivity contribution in [2.45, 2.75) is 38.6 Å². The van der Waals surface area contributed by atoms with Gasteiger partial charge in [0.2, 0.25) is 10.0 Å². The third-order valence-corrected chi connectivity index (χ3v) is 5.19. The summed E-state index contributed by atoms with van der Waals surface area (Å²) >= 11 is 0. The molecule has 0 bridgehead atoms. The predicted octanol–water partition coefficient (Wildman–Crippen LogP) is 2.27. The third kappa shape index (κ3) is 6.07. The highest BCUT2D eigenvalue weighted by Gasteiger charge is 2.23. The van der Waals surface area contributed by atoms with Gasteiger partial charge in [-0.3, -0.25) is 0 Å². The summed E-state index contributed by atoms with van der Waals surface area (Å²) in [6, 6.07) is 11.1. The summed E-state index contributed by atoms with van der Waals surface area (Å²) in [5, 5.41) is 0. The molecule has 0 unspecified atom stereocenters. The number of nitrogens with zero attached hydrogens (tertiary/aromatic N) is 1. The van der Waals surface area contributed by atoms with Crippen LogP contribution in [0.3, 0.4) is 0 Å². The molecule has 1 aromatic rings. The average molecular weight is 324 g/mol. The molecule has 1 aromatic carbocycles. The molecule has 0 spiro atoms. The first-order valence-corrected chi connectivity index (χ1v) is 10.1. The first-order chi connectivity index (χ1) is 10.4. The quantitative estimate of drug-likeness (QED) is 0.837. The van der Waals surface area contributed by atoms with Gasteiger partial charge in [-0.05, 0) is 50.6 Å². The number of hydrogen-bond donors (Lipinski definition) is 1. The van der Waals surface area contributed by atoms with E-state index in [4.69, 9.17) is 0 Å². The molecule has 1 N–H and O–H groups in total. The largest absolute Gasteiger partial charge is 0.300 e. The van der Waals surface area contributed by atoms with Crippen molar-refractivity contribution in [1.29, 1.82) is 0 Å². The first-order valence-electron chi connectivity index (χ1n) is 8.16. The maximum absolute atomic E-state index is 11.2. The van der Waals surface area contributed by atoms with Crippen molar-refractivity contribution in [3.63, 3.8) is 0 Å².